The molecule has 21 heavy (non-hydrogen) atoms. The molecule has 0 unspecified atom stereocenters. The molecule has 0 spiro atoms. The number of nitrogen functional groups attached to an aromatic ring is 1. The van der Waals surface area contributed by atoms with Crippen molar-refractivity contribution in [3.63, 3.8) is 0 Å². The summed E-state index contributed by atoms with van der Waals surface area (Å²) >= 11 is 0. The number of sulfonamides is 1. The van der Waals surface area contributed by atoms with Crippen LogP contribution in [0, 0.1) is 18.6 Å². The molecular weight excluding hydrogens is 298 g/mol. The fraction of sp³-hybridized carbons (Fsp3) is 0.143. The van der Waals surface area contributed by atoms with Crippen molar-refractivity contribution >= 4 is 15.7 Å². The van der Waals surface area contributed by atoms with Gasteiger partial charge in [0.15, 0.2) is 0 Å². The smallest absolute Gasteiger partial charge is 0.243 e. The average Bonchev–Trinajstić information content (AvgIpc) is 2.42. The van der Waals surface area contributed by atoms with Crippen LogP contribution in [0.15, 0.2) is 41.3 Å². The second-order valence-corrected chi connectivity index (χ2v) is 6.35. The molecule has 7 heteroatoms. The second kappa shape index (κ2) is 5.79. The van der Waals surface area contributed by atoms with Gasteiger partial charge in [-0.3, -0.25) is 0 Å². The van der Waals surface area contributed by atoms with Crippen molar-refractivity contribution in [1.29, 1.82) is 0 Å². The fourth-order valence-corrected chi connectivity index (χ4v) is 2.82. The molecule has 0 heterocycles. The Hall–Kier alpha value is -1.99. The van der Waals surface area contributed by atoms with Crippen LogP contribution in [0.1, 0.15) is 11.1 Å². The highest BCUT2D eigenvalue weighted by atomic mass is 32.2. The van der Waals surface area contributed by atoms with E-state index in [9.17, 15) is 17.2 Å². The lowest BCUT2D eigenvalue weighted by atomic mass is 10.2. The Kier molecular flexibility index (Phi) is 4.24. The Morgan fingerprint density at radius 2 is 1.71 bits per heavy atom. The molecule has 0 amide bonds. The minimum atomic E-state index is -4.11. The topological polar surface area (TPSA) is 72.2 Å². The van der Waals surface area contributed by atoms with Crippen molar-refractivity contribution in [1.82, 2.24) is 4.72 Å². The number of rotatable bonds is 4. The van der Waals surface area contributed by atoms with E-state index in [0.29, 0.717) is 6.07 Å². The first-order valence-electron chi connectivity index (χ1n) is 6.09. The molecule has 0 aliphatic carbocycles. The van der Waals surface area contributed by atoms with Crippen molar-refractivity contribution in [2.24, 2.45) is 0 Å². The SMILES string of the molecule is Cc1ccc(CNS(=O)(=O)c2cc(N)c(F)cc2F)cc1. The summed E-state index contributed by atoms with van der Waals surface area (Å²) in [6.45, 7) is 1.91. The molecule has 0 aromatic heterocycles. The maximum atomic E-state index is 13.6. The Bertz CT molecular complexity index is 759. The number of halogens is 2. The van der Waals surface area contributed by atoms with Crippen molar-refractivity contribution in [2.75, 3.05) is 5.73 Å². The molecule has 0 bridgehead atoms. The van der Waals surface area contributed by atoms with E-state index in [1.54, 1.807) is 12.1 Å². The molecule has 0 aliphatic heterocycles. The third-order valence-electron chi connectivity index (χ3n) is 2.93. The van der Waals surface area contributed by atoms with E-state index in [-0.39, 0.29) is 6.54 Å². The fourth-order valence-electron chi connectivity index (χ4n) is 1.71. The van der Waals surface area contributed by atoms with Gasteiger partial charge in [0.2, 0.25) is 10.0 Å². The maximum Gasteiger partial charge on any atom is 0.243 e. The average molecular weight is 312 g/mol. The molecule has 2 aromatic rings. The summed E-state index contributed by atoms with van der Waals surface area (Å²) < 4.78 is 53.0. The summed E-state index contributed by atoms with van der Waals surface area (Å²) in [6.07, 6.45) is 0. The summed E-state index contributed by atoms with van der Waals surface area (Å²) in [6, 6.07) is 8.40. The van der Waals surface area contributed by atoms with Crippen LogP contribution >= 0.6 is 0 Å². The van der Waals surface area contributed by atoms with Crippen LogP contribution in [0.5, 0.6) is 0 Å². The van der Waals surface area contributed by atoms with Crippen LogP contribution in [0.3, 0.4) is 0 Å². The van der Waals surface area contributed by atoms with E-state index in [1.165, 1.54) is 0 Å². The van der Waals surface area contributed by atoms with Crippen molar-refractivity contribution in [3.8, 4) is 0 Å². The lowest BCUT2D eigenvalue weighted by molar-refractivity contribution is 0.544. The normalized spacial score (nSPS) is 11.6. The summed E-state index contributed by atoms with van der Waals surface area (Å²) in [5.74, 6) is -2.18. The van der Waals surface area contributed by atoms with E-state index in [4.69, 9.17) is 5.73 Å². The summed E-state index contributed by atoms with van der Waals surface area (Å²) in [7, 11) is -4.11. The number of anilines is 1. The van der Waals surface area contributed by atoms with Gasteiger partial charge in [0.1, 0.15) is 16.5 Å². The largest absolute Gasteiger partial charge is 0.396 e. The molecule has 0 saturated heterocycles. The predicted octanol–water partition coefficient (Wildman–Crippen LogP) is 2.33. The van der Waals surface area contributed by atoms with Crippen molar-refractivity contribution in [2.45, 2.75) is 18.4 Å². The van der Waals surface area contributed by atoms with Crippen LogP contribution in [0.4, 0.5) is 14.5 Å². The Morgan fingerprint density at radius 3 is 2.33 bits per heavy atom. The molecule has 3 N–H and O–H groups in total. The number of hydrogen-bond acceptors (Lipinski definition) is 3. The third-order valence-corrected chi connectivity index (χ3v) is 4.34. The zero-order valence-corrected chi connectivity index (χ0v) is 12.0. The Morgan fingerprint density at radius 1 is 1.10 bits per heavy atom. The minimum Gasteiger partial charge on any atom is -0.396 e. The molecule has 0 atom stereocenters. The quantitative estimate of drug-likeness (QED) is 0.851. The third kappa shape index (κ3) is 3.56. The van der Waals surface area contributed by atoms with E-state index in [1.807, 2.05) is 19.1 Å². The number of hydrogen-bond donors (Lipinski definition) is 2. The lowest BCUT2D eigenvalue weighted by Gasteiger charge is -2.09. The standard InChI is InChI=1S/C14H14F2N2O2S/c1-9-2-4-10(5-3-9)8-18-21(19,20)14-7-13(17)11(15)6-12(14)16/h2-7,18H,8,17H2,1H3. The first-order chi connectivity index (χ1) is 9.79. The molecular formula is C14H14F2N2O2S. The second-order valence-electron chi connectivity index (χ2n) is 4.61. The van der Waals surface area contributed by atoms with Crippen LogP contribution < -0.4 is 10.5 Å². The van der Waals surface area contributed by atoms with E-state index >= 15 is 0 Å². The van der Waals surface area contributed by atoms with Crippen molar-refractivity contribution in [3.05, 3.63) is 59.2 Å². The summed E-state index contributed by atoms with van der Waals surface area (Å²) in [5, 5.41) is 0. The van der Waals surface area contributed by atoms with Gasteiger partial charge in [0, 0.05) is 12.6 Å². The first kappa shape index (κ1) is 15.4. The molecule has 0 saturated carbocycles. The van der Waals surface area contributed by atoms with Gasteiger partial charge in [-0.2, -0.15) is 0 Å². The van der Waals surface area contributed by atoms with Gasteiger partial charge in [0.05, 0.1) is 5.69 Å². The Balaban J connectivity index is 2.22. The van der Waals surface area contributed by atoms with Crippen LogP contribution in [0.2, 0.25) is 0 Å². The van der Waals surface area contributed by atoms with Gasteiger partial charge in [0.25, 0.3) is 0 Å². The number of nitrogens with one attached hydrogen (secondary N) is 1. The zero-order valence-electron chi connectivity index (χ0n) is 11.2. The summed E-state index contributed by atoms with van der Waals surface area (Å²) in [4.78, 5) is -0.673. The number of benzene rings is 2. The zero-order chi connectivity index (χ0) is 15.6. The van der Waals surface area contributed by atoms with Crippen LogP contribution in [0.25, 0.3) is 0 Å². The van der Waals surface area contributed by atoms with Gasteiger partial charge < -0.3 is 5.73 Å². The molecule has 2 aromatic carbocycles. The Labute approximate surface area is 121 Å². The monoisotopic (exact) mass is 312 g/mol. The van der Waals surface area contributed by atoms with Crippen molar-refractivity contribution < 1.29 is 17.2 Å². The van der Waals surface area contributed by atoms with Gasteiger partial charge in [-0.25, -0.2) is 21.9 Å². The lowest BCUT2D eigenvalue weighted by Crippen LogP contribution is -2.24. The minimum absolute atomic E-state index is 0.000660. The molecule has 112 valence electrons. The highest BCUT2D eigenvalue weighted by molar-refractivity contribution is 7.89. The summed E-state index contributed by atoms with van der Waals surface area (Å²) in [5.41, 5.74) is 6.61. The van der Waals surface area contributed by atoms with Crippen LogP contribution in [-0.2, 0) is 16.6 Å². The first-order valence-corrected chi connectivity index (χ1v) is 7.57. The van der Waals surface area contributed by atoms with Gasteiger partial charge >= 0.3 is 0 Å². The van der Waals surface area contributed by atoms with E-state index in [2.05, 4.69) is 4.72 Å². The maximum absolute atomic E-state index is 13.6. The molecule has 4 nitrogen and oxygen atoms in total. The van der Waals surface area contributed by atoms with Gasteiger partial charge in [-0.05, 0) is 18.6 Å². The van der Waals surface area contributed by atoms with Gasteiger partial charge in [-0.15, -0.1) is 0 Å². The van der Waals surface area contributed by atoms with Gasteiger partial charge in [-0.1, -0.05) is 29.8 Å². The predicted molar refractivity (Wildman–Crippen MR) is 76.0 cm³/mol. The van der Waals surface area contributed by atoms with Crippen LogP contribution in [-0.4, -0.2) is 8.42 Å². The molecule has 2 rings (SSSR count). The number of nitrogens with two attached hydrogens (primary N) is 1. The molecule has 0 fully saturated rings. The molecule has 0 aliphatic rings. The number of aryl methyl sites for hydroxylation is 1. The van der Waals surface area contributed by atoms with E-state index in [0.717, 1.165) is 17.2 Å². The highest BCUT2D eigenvalue weighted by Gasteiger charge is 2.21. The molecule has 0 radical (unpaired) electrons. The highest BCUT2D eigenvalue weighted by Crippen LogP contribution is 2.21. The van der Waals surface area contributed by atoms with E-state index < -0.39 is 32.2 Å².